The van der Waals surface area contributed by atoms with E-state index in [-0.39, 0.29) is 12.2 Å². The molecule has 28 heavy (non-hydrogen) atoms. The van der Waals surface area contributed by atoms with Crippen LogP contribution in [0.2, 0.25) is 0 Å². The summed E-state index contributed by atoms with van der Waals surface area (Å²) in [5.41, 5.74) is 0.732. The molecule has 0 saturated heterocycles. The van der Waals surface area contributed by atoms with Gasteiger partial charge in [0.15, 0.2) is 0 Å². The van der Waals surface area contributed by atoms with Crippen LogP contribution >= 0.6 is 0 Å². The third kappa shape index (κ3) is 5.86. The van der Waals surface area contributed by atoms with Gasteiger partial charge in [0.1, 0.15) is 17.4 Å². The second-order valence-electron chi connectivity index (χ2n) is 7.52. The van der Waals surface area contributed by atoms with Crippen molar-refractivity contribution in [3.8, 4) is 5.75 Å². The fourth-order valence-electron chi connectivity index (χ4n) is 2.67. The summed E-state index contributed by atoms with van der Waals surface area (Å²) < 4.78 is 5.23. The number of nitrogens with one attached hydrogen (secondary N) is 3. The van der Waals surface area contributed by atoms with Crippen molar-refractivity contribution in [2.24, 2.45) is 0 Å². The van der Waals surface area contributed by atoms with Crippen LogP contribution in [0.1, 0.15) is 26.3 Å². The molecule has 0 unspecified atom stereocenters. The Labute approximate surface area is 162 Å². The van der Waals surface area contributed by atoms with Crippen molar-refractivity contribution in [2.45, 2.75) is 44.9 Å². The van der Waals surface area contributed by atoms with Gasteiger partial charge in [-0.25, -0.2) is 4.79 Å². The minimum Gasteiger partial charge on any atom is -0.508 e. The van der Waals surface area contributed by atoms with E-state index in [2.05, 4.69) is 15.6 Å². The molecule has 2 rings (SSSR count). The molecule has 0 aliphatic carbocycles. The minimum atomic E-state index is -1.02. The first-order valence-electron chi connectivity index (χ1n) is 8.93. The number of phenols is 1. The number of hydrogen-bond acceptors (Lipinski definition) is 6. The topological polar surface area (TPSA) is 144 Å². The molecule has 1 heterocycles. The lowest BCUT2D eigenvalue weighted by atomic mass is 10.0. The Morgan fingerprint density at radius 1 is 1.18 bits per heavy atom. The van der Waals surface area contributed by atoms with Crippen LogP contribution in [0.4, 0.5) is 4.79 Å². The highest BCUT2D eigenvalue weighted by Gasteiger charge is 2.27. The van der Waals surface area contributed by atoms with Crippen LogP contribution in [0, 0.1) is 0 Å². The Hall–Kier alpha value is -2.78. The molecule has 1 aromatic carbocycles. The quantitative estimate of drug-likeness (QED) is 0.410. The van der Waals surface area contributed by atoms with E-state index in [1.807, 2.05) is 0 Å². The fraction of sp³-hybridized carbons (Fsp3) is 0.474. The predicted molar refractivity (Wildman–Crippen MR) is 103 cm³/mol. The molecule has 0 fully saturated rings. The highest BCUT2D eigenvalue weighted by molar-refractivity contribution is 5.89. The van der Waals surface area contributed by atoms with Gasteiger partial charge in [-0.15, -0.1) is 0 Å². The number of hydrogen-bond donors (Lipinski definition) is 6. The van der Waals surface area contributed by atoms with Crippen LogP contribution in [0.25, 0.3) is 10.9 Å². The molecule has 0 aliphatic heterocycles. The van der Waals surface area contributed by atoms with E-state index in [1.54, 1.807) is 45.2 Å². The molecule has 154 valence electrons. The first-order valence-corrected chi connectivity index (χ1v) is 8.93. The SMILES string of the molecule is CC(C)(C)OC(=O)N[C@@H](Cc1c[nH]c2ccc(O)cc12)C(=O)NC(CO)CO. The predicted octanol–water partition coefficient (Wildman–Crippen LogP) is 0.779. The van der Waals surface area contributed by atoms with Gasteiger partial charge in [-0.05, 0) is 44.5 Å². The van der Waals surface area contributed by atoms with Crippen LogP contribution in [0.3, 0.4) is 0 Å². The summed E-state index contributed by atoms with van der Waals surface area (Å²) in [7, 11) is 0. The zero-order valence-corrected chi connectivity index (χ0v) is 16.2. The molecule has 0 aliphatic rings. The third-order valence-corrected chi connectivity index (χ3v) is 3.97. The smallest absolute Gasteiger partial charge is 0.408 e. The van der Waals surface area contributed by atoms with Gasteiger partial charge >= 0.3 is 6.09 Å². The molecule has 0 spiro atoms. The number of amides is 2. The fourth-order valence-corrected chi connectivity index (χ4v) is 2.67. The van der Waals surface area contributed by atoms with Crippen molar-refractivity contribution in [3.05, 3.63) is 30.0 Å². The van der Waals surface area contributed by atoms with E-state index >= 15 is 0 Å². The van der Waals surface area contributed by atoms with Crippen LogP contribution in [-0.2, 0) is 16.0 Å². The van der Waals surface area contributed by atoms with Crippen LogP contribution in [0.15, 0.2) is 24.4 Å². The minimum absolute atomic E-state index is 0.0788. The van der Waals surface area contributed by atoms with Crippen molar-refractivity contribution in [3.63, 3.8) is 0 Å². The van der Waals surface area contributed by atoms with E-state index < -0.39 is 42.9 Å². The zero-order chi connectivity index (χ0) is 20.9. The van der Waals surface area contributed by atoms with Gasteiger partial charge in [-0.3, -0.25) is 4.79 Å². The maximum Gasteiger partial charge on any atom is 0.408 e. The summed E-state index contributed by atoms with van der Waals surface area (Å²) >= 11 is 0. The Balaban J connectivity index is 2.24. The van der Waals surface area contributed by atoms with E-state index in [9.17, 15) is 24.9 Å². The summed E-state index contributed by atoms with van der Waals surface area (Å²) in [6.07, 6.45) is 1.04. The van der Waals surface area contributed by atoms with Crippen molar-refractivity contribution >= 4 is 22.9 Å². The molecular formula is C19H27N3O6. The number of H-pyrrole nitrogens is 1. The molecule has 2 aromatic rings. The van der Waals surface area contributed by atoms with Crippen molar-refractivity contribution < 1.29 is 29.6 Å². The van der Waals surface area contributed by atoms with Crippen LogP contribution < -0.4 is 10.6 Å². The number of aliphatic hydroxyl groups is 2. The highest BCUT2D eigenvalue weighted by atomic mass is 16.6. The van der Waals surface area contributed by atoms with Gasteiger partial charge in [0.2, 0.25) is 5.91 Å². The number of aromatic nitrogens is 1. The number of phenolic OH excluding ortho intramolecular Hbond substituents is 1. The number of alkyl carbamates (subject to hydrolysis) is 1. The average Bonchev–Trinajstić information content (AvgIpc) is 2.99. The normalized spacial score (nSPS) is 12.8. The lowest BCUT2D eigenvalue weighted by Crippen LogP contribution is -2.53. The monoisotopic (exact) mass is 393 g/mol. The molecule has 9 nitrogen and oxygen atoms in total. The van der Waals surface area contributed by atoms with Crippen molar-refractivity contribution in [2.75, 3.05) is 13.2 Å². The number of fused-ring (bicyclic) bond motifs is 1. The maximum absolute atomic E-state index is 12.6. The number of rotatable bonds is 7. The standard InChI is InChI=1S/C19H27N3O6/c1-19(2,3)28-18(27)22-16(17(26)21-12(9-23)10-24)6-11-8-20-15-5-4-13(25)7-14(11)15/h4-5,7-8,12,16,20,23-25H,6,9-10H2,1-3H3,(H,21,26)(H,22,27)/t16-/m0/s1. The second-order valence-corrected chi connectivity index (χ2v) is 7.52. The molecule has 9 heteroatoms. The van der Waals surface area contributed by atoms with Crippen LogP contribution in [-0.4, -0.2) is 63.2 Å². The largest absolute Gasteiger partial charge is 0.508 e. The van der Waals surface area contributed by atoms with Gasteiger partial charge in [-0.2, -0.15) is 0 Å². The molecule has 0 saturated carbocycles. The number of benzene rings is 1. The van der Waals surface area contributed by atoms with Gasteiger partial charge in [0.25, 0.3) is 0 Å². The second kappa shape index (κ2) is 8.94. The molecule has 1 aromatic heterocycles. The first-order chi connectivity index (χ1) is 13.1. The number of carbonyl (C=O) groups excluding carboxylic acids is 2. The van der Waals surface area contributed by atoms with Crippen LogP contribution in [0.5, 0.6) is 5.75 Å². The Morgan fingerprint density at radius 2 is 1.86 bits per heavy atom. The third-order valence-electron chi connectivity index (χ3n) is 3.97. The molecule has 1 atom stereocenters. The Bertz CT molecular complexity index is 823. The zero-order valence-electron chi connectivity index (χ0n) is 16.2. The van der Waals surface area contributed by atoms with E-state index in [0.29, 0.717) is 10.9 Å². The molecule has 0 bridgehead atoms. The Morgan fingerprint density at radius 3 is 2.46 bits per heavy atom. The van der Waals surface area contributed by atoms with E-state index in [0.717, 1.165) is 5.52 Å². The summed E-state index contributed by atoms with van der Waals surface area (Å²) in [5.74, 6) is -0.497. The maximum atomic E-state index is 12.6. The Kier molecular flexibility index (Phi) is 6.87. The lowest BCUT2D eigenvalue weighted by Gasteiger charge is -2.24. The van der Waals surface area contributed by atoms with Gasteiger partial charge in [-0.1, -0.05) is 0 Å². The summed E-state index contributed by atoms with van der Waals surface area (Å²) in [6, 6.07) is 2.95. The molecule has 2 amide bonds. The van der Waals surface area contributed by atoms with Gasteiger partial charge in [0.05, 0.1) is 19.3 Å². The molecule has 0 radical (unpaired) electrons. The summed E-state index contributed by atoms with van der Waals surface area (Å²) in [6.45, 7) is 4.23. The molecule has 6 N–H and O–H groups in total. The summed E-state index contributed by atoms with van der Waals surface area (Å²) in [5, 5.41) is 33.9. The number of aliphatic hydroxyl groups excluding tert-OH is 2. The van der Waals surface area contributed by atoms with Gasteiger partial charge < -0.3 is 35.7 Å². The first kappa shape index (κ1) is 21.5. The van der Waals surface area contributed by atoms with Crippen molar-refractivity contribution in [1.82, 2.24) is 15.6 Å². The average molecular weight is 393 g/mol. The number of ether oxygens (including phenoxy) is 1. The highest BCUT2D eigenvalue weighted by Crippen LogP contribution is 2.24. The summed E-state index contributed by atoms with van der Waals surface area (Å²) in [4.78, 5) is 27.9. The number of aromatic hydroxyl groups is 1. The number of carbonyl (C=O) groups is 2. The van der Waals surface area contributed by atoms with E-state index in [1.165, 1.54) is 0 Å². The number of aromatic amines is 1. The lowest BCUT2D eigenvalue weighted by molar-refractivity contribution is -0.124. The molecular weight excluding hydrogens is 366 g/mol. The van der Waals surface area contributed by atoms with Gasteiger partial charge in [0, 0.05) is 23.5 Å². The van der Waals surface area contributed by atoms with E-state index in [4.69, 9.17) is 4.74 Å². The van der Waals surface area contributed by atoms with Crippen molar-refractivity contribution in [1.29, 1.82) is 0 Å².